The Morgan fingerprint density at radius 1 is 0.949 bits per heavy atom. The van der Waals surface area contributed by atoms with Crippen molar-refractivity contribution < 1.29 is 13.2 Å². The summed E-state index contributed by atoms with van der Waals surface area (Å²) in [6, 6.07) is 25.5. The van der Waals surface area contributed by atoms with Crippen molar-refractivity contribution in [2.24, 2.45) is 5.10 Å². The lowest BCUT2D eigenvalue weighted by molar-refractivity contribution is -0.119. The van der Waals surface area contributed by atoms with Crippen LogP contribution in [-0.4, -0.2) is 31.7 Å². The second-order valence-corrected chi connectivity index (χ2v) is 11.7. The Morgan fingerprint density at radius 2 is 1.59 bits per heavy atom. The molecule has 0 fully saturated rings. The number of amides is 1. The Balaban J connectivity index is 1.56. The summed E-state index contributed by atoms with van der Waals surface area (Å²) in [5, 5.41) is 4.15. The van der Waals surface area contributed by atoms with E-state index in [2.05, 4.69) is 48.0 Å². The van der Waals surface area contributed by atoms with Gasteiger partial charge in [0, 0.05) is 22.6 Å². The maximum Gasteiger partial charge on any atom is 0.264 e. The molecule has 0 spiro atoms. The zero-order chi connectivity index (χ0) is 28.2. The third-order valence-electron chi connectivity index (χ3n) is 6.69. The minimum Gasteiger partial charge on any atom is -0.318 e. The van der Waals surface area contributed by atoms with Crippen molar-refractivity contribution in [3.63, 3.8) is 0 Å². The van der Waals surface area contributed by atoms with Gasteiger partial charge in [-0.3, -0.25) is 9.10 Å². The van der Waals surface area contributed by atoms with Gasteiger partial charge < -0.3 is 4.57 Å². The van der Waals surface area contributed by atoms with Gasteiger partial charge in [0.2, 0.25) is 0 Å². The topological polar surface area (TPSA) is 83.8 Å². The fourth-order valence-corrected chi connectivity index (χ4v) is 5.95. The Hall–Kier alpha value is -4.17. The van der Waals surface area contributed by atoms with Crippen LogP contribution in [0, 0.1) is 20.8 Å². The lowest BCUT2D eigenvalue weighted by Crippen LogP contribution is -2.39. The minimum atomic E-state index is -3.99. The van der Waals surface area contributed by atoms with Crippen LogP contribution in [0.1, 0.15) is 47.8 Å². The van der Waals surface area contributed by atoms with Crippen molar-refractivity contribution in [2.75, 3.05) is 10.8 Å². The molecule has 4 aromatic rings. The van der Waals surface area contributed by atoms with Crippen molar-refractivity contribution in [1.82, 2.24) is 9.99 Å². The van der Waals surface area contributed by atoms with Crippen LogP contribution in [-0.2, 0) is 14.8 Å². The lowest BCUT2D eigenvalue weighted by atomic mass is 10.0. The number of nitrogens with zero attached hydrogens (tertiary/aromatic N) is 3. The third-order valence-corrected chi connectivity index (χ3v) is 8.47. The summed E-state index contributed by atoms with van der Waals surface area (Å²) in [5.41, 5.74) is 9.11. The van der Waals surface area contributed by atoms with E-state index in [0.717, 1.165) is 38.1 Å². The molecule has 1 heterocycles. The summed E-state index contributed by atoms with van der Waals surface area (Å²) in [6.07, 6.45) is 1.59. The second-order valence-electron chi connectivity index (χ2n) is 9.81. The number of para-hydroxylation sites is 1. The first-order chi connectivity index (χ1) is 18.6. The molecule has 0 saturated heterocycles. The largest absolute Gasteiger partial charge is 0.318 e. The van der Waals surface area contributed by atoms with Crippen molar-refractivity contribution in [3.8, 4) is 5.69 Å². The molecule has 0 saturated carbocycles. The molecule has 4 rings (SSSR count). The number of aryl methyl sites for hydroxylation is 2. The molecule has 39 heavy (non-hydrogen) atoms. The van der Waals surface area contributed by atoms with Crippen LogP contribution in [0.15, 0.2) is 94.9 Å². The van der Waals surface area contributed by atoms with E-state index >= 15 is 0 Å². The van der Waals surface area contributed by atoms with Crippen LogP contribution in [0.25, 0.3) is 5.69 Å². The average molecular weight is 543 g/mol. The normalized spacial score (nSPS) is 11.7. The Morgan fingerprint density at radius 3 is 2.23 bits per heavy atom. The molecule has 0 aliphatic heterocycles. The van der Waals surface area contributed by atoms with Crippen molar-refractivity contribution in [1.29, 1.82) is 0 Å². The number of hydrogen-bond acceptors (Lipinski definition) is 4. The van der Waals surface area contributed by atoms with E-state index in [-0.39, 0.29) is 4.90 Å². The maximum absolute atomic E-state index is 13.5. The molecule has 1 N–H and O–H groups in total. The zero-order valence-corrected chi connectivity index (χ0v) is 23.7. The molecule has 7 nitrogen and oxygen atoms in total. The quantitative estimate of drug-likeness (QED) is 0.212. The molecule has 0 radical (unpaired) electrons. The second kappa shape index (κ2) is 11.7. The summed E-state index contributed by atoms with van der Waals surface area (Å²) in [4.78, 5) is 13.1. The van der Waals surface area contributed by atoms with Gasteiger partial charge in [-0.1, -0.05) is 62.4 Å². The number of benzene rings is 3. The van der Waals surface area contributed by atoms with Crippen molar-refractivity contribution >= 4 is 27.8 Å². The highest BCUT2D eigenvalue weighted by atomic mass is 32.2. The Bertz CT molecular complexity index is 1590. The molecule has 0 bridgehead atoms. The van der Waals surface area contributed by atoms with Gasteiger partial charge in [0.1, 0.15) is 6.54 Å². The summed E-state index contributed by atoms with van der Waals surface area (Å²) >= 11 is 0. The highest BCUT2D eigenvalue weighted by molar-refractivity contribution is 7.92. The van der Waals surface area contributed by atoms with Crippen LogP contribution >= 0.6 is 0 Å². The van der Waals surface area contributed by atoms with Gasteiger partial charge in [-0.15, -0.1) is 0 Å². The van der Waals surface area contributed by atoms with E-state index in [0.29, 0.717) is 11.6 Å². The summed E-state index contributed by atoms with van der Waals surface area (Å²) in [7, 11) is -3.99. The molecule has 0 aliphatic rings. The molecule has 0 unspecified atom stereocenters. The van der Waals surface area contributed by atoms with Crippen molar-refractivity contribution in [3.05, 3.63) is 113 Å². The van der Waals surface area contributed by atoms with Gasteiger partial charge in [-0.25, -0.2) is 13.8 Å². The van der Waals surface area contributed by atoms with Gasteiger partial charge in [-0.05, 0) is 74.2 Å². The smallest absolute Gasteiger partial charge is 0.264 e. The van der Waals surface area contributed by atoms with Crippen LogP contribution in [0.2, 0.25) is 0 Å². The van der Waals surface area contributed by atoms with Crippen LogP contribution in [0.4, 0.5) is 5.69 Å². The number of rotatable bonds is 9. The number of hydrazone groups is 1. The zero-order valence-electron chi connectivity index (χ0n) is 22.9. The van der Waals surface area contributed by atoms with E-state index in [1.165, 1.54) is 12.1 Å². The molecule has 8 heteroatoms. The van der Waals surface area contributed by atoms with Gasteiger partial charge in [-0.2, -0.15) is 5.10 Å². The highest BCUT2D eigenvalue weighted by Gasteiger charge is 2.27. The molecule has 3 aromatic carbocycles. The first-order valence-corrected chi connectivity index (χ1v) is 14.3. The predicted octanol–water partition coefficient (Wildman–Crippen LogP) is 5.87. The SMILES string of the molecule is Cc1ccccc1-n1c(C)cc(/C=N\NC(=O)CN(c2ccc(C(C)C)cc2)S(=O)(=O)c2ccccc2)c1C. The van der Waals surface area contributed by atoms with E-state index < -0.39 is 22.5 Å². The summed E-state index contributed by atoms with van der Waals surface area (Å²) in [6.45, 7) is 9.80. The number of nitrogens with one attached hydrogen (secondary N) is 1. The fraction of sp³-hybridized carbons (Fsp3) is 0.226. The average Bonchev–Trinajstić information content (AvgIpc) is 3.20. The maximum atomic E-state index is 13.5. The van der Waals surface area contributed by atoms with Gasteiger partial charge in [0.15, 0.2) is 0 Å². The van der Waals surface area contributed by atoms with E-state index in [9.17, 15) is 13.2 Å². The van der Waals surface area contributed by atoms with Crippen molar-refractivity contribution in [2.45, 2.75) is 45.4 Å². The summed E-state index contributed by atoms with van der Waals surface area (Å²) < 4.78 is 30.3. The molecule has 1 amide bonds. The number of carbonyl (C=O) groups excluding carboxylic acids is 1. The number of aromatic nitrogens is 1. The van der Waals surface area contributed by atoms with E-state index in [4.69, 9.17) is 0 Å². The van der Waals surface area contributed by atoms with E-state index in [1.54, 1.807) is 36.5 Å². The lowest BCUT2D eigenvalue weighted by Gasteiger charge is -2.24. The number of hydrogen-bond donors (Lipinski definition) is 1. The van der Waals surface area contributed by atoms with Crippen LogP contribution in [0.3, 0.4) is 0 Å². The number of carbonyl (C=O) groups is 1. The molecular weight excluding hydrogens is 508 g/mol. The van der Waals surface area contributed by atoms with Gasteiger partial charge in [0.25, 0.3) is 15.9 Å². The molecule has 0 aliphatic carbocycles. The van der Waals surface area contributed by atoms with E-state index in [1.807, 2.05) is 44.2 Å². The number of anilines is 1. The van der Waals surface area contributed by atoms with Crippen LogP contribution in [0.5, 0.6) is 0 Å². The fourth-order valence-electron chi connectivity index (χ4n) is 4.50. The predicted molar refractivity (Wildman–Crippen MR) is 157 cm³/mol. The third kappa shape index (κ3) is 6.12. The first-order valence-electron chi connectivity index (χ1n) is 12.8. The van der Waals surface area contributed by atoms with Gasteiger partial charge >= 0.3 is 0 Å². The molecule has 202 valence electrons. The monoisotopic (exact) mass is 542 g/mol. The molecular formula is C31H34N4O3S. The van der Waals surface area contributed by atoms with Crippen LogP contribution < -0.4 is 9.73 Å². The minimum absolute atomic E-state index is 0.109. The van der Waals surface area contributed by atoms with Gasteiger partial charge in [0.05, 0.1) is 16.8 Å². The Kier molecular flexibility index (Phi) is 8.35. The number of sulfonamides is 1. The Labute approximate surface area is 230 Å². The first kappa shape index (κ1) is 27.9. The molecule has 0 atom stereocenters. The highest BCUT2D eigenvalue weighted by Crippen LogP contribution is 2.26. The standard InChI is InChI=1S/C31H34N4O3S/c1-22(2)26-15-17-28(18-16-26)34(39(37,38)29-12-7-6-8-13-29)21-31(36)33-32-20-27-19-24(4)35(25(27)5)30-14-10-9-11-23(30)3/h6-20,22H,21H2,1-5H3,(H,33,36)/b32-20-. The summed E-state index contributed by atoms with van der Waals surface area (Å²) in [5.74, 6) is -0.255. The molecule has 1 aromatic heterocycles.